The summed E-state index contributed by atoms with van der Waals surface area (Å²) in [5.74, 6) is 0.814. The van der Waals surface area contributed by atoms with Crippen LogP contribution in [0, 0.1) is 0 Å². The van der Waals surface area contributed by atoms with Crippen LogP contribution in [0.25, 0.3) is 0 Å². The van der Waals surface area contributed by atoms with Gasteiger partial charge in [0.05, 0.1) is 6.61 Å². The molecule has 0 bridgehead atoms. The molecule has 0 saturated heterocycles. The molecule has 0 aliphatic heterocycles. The van der Waals surface area contributed by atoms with Crippen LogP contribution in [0.2, 0.25) is 0 Å². The lowest BCUT2D eigenvalue weighted by atomic mass is 10.2. The number of hydrogen-bond donors (Lipinski definition) is 1. The zero-order valence-electron chi connectivity index (χ0n) is 11.7. The minimum absolute atomic E-state index is 0.461. The van der Waals surface area contributed by atoms with Crippen LogP contribution >= 0.6 is 15.9 Å². The van der Waals surface area contributed by atoms with Crippen LogP contribution in [0.5, 0.6) is 5.75 Å². The van der Waals surface area contributed by atoms with Crippen molar-refractivity contribution in [2.24, 2.45) is 0 Å². The molecule has 1 amide bonds. The summed E-state index contributed by atoms with van der Waals surface area (Å²) in [5.41, 5.74) is 1.16. The Balaban J connectivity index is 2.77. The third kappa shape index (κ3) is 5.51. The fourth-order valence-electron chi connectivity index (χ4n) is 1.48. The van der Waals surface area contributed by atoms with Crippen LogP contribution in [-0.4, -0.2) is 18.3 Å². The summed E-state index contributed by atoms with van der Waals surface area (Å²) in [5, 5.41) is 3.36. The quantitative estimate of drug-likeness (QED) is 0.836. The van der Waals surface area contributed by atoms with Gasteiger partial charge in [-0.05, 0) is 45.9 Å². The summed E-state index contributed by atoms with van der Waals surface area (Å²) >= 11 is 3.40. The molecular formula is C14H20BrNO3. The highest BCUT2D eigenvalue weighted by Gasteiger charge is 2.16. The van der Waals surface area contributed by atoms with E-state index in [9.17, 15) is 4.79 Å². The van der Waals surface area contributed by atoms with Gasteiger partial charge in [-0.2, -0.15) is 0 Å². The van der Waals surface area contributed by atoms with E-state index in [1.54, 1.807) is 6.07 Å². The Bertz CT molecular complexity index is 441. The molecule has 0 atom stereocenters. The normalized spacial score (nSPS) is 11.0. The van der Waals surface area contributed by atoms with Crippen LogP contribution in [0.4, 0.5) is 10.5 Å². The summed E-state index contributed by atoms with van der Waals surface area (Å²) < 4.78 is 10.7. The number of carbonyl (C=O) groups excluding carboxylic acids is 1. The summed E-state index contributed by atoms with van der Waals surface area (Å²) in [4.78, 5) is 11.7. The Kier molecular flexibility index (Phi) is 5.66. The average molecular weight is 330 g/mol. The Labute approximate surface area is 122 Å². The first kappa shape index (κ1) is 15.8. The SMILES string of the molecule is CCOc1ccc(NC(=O)OC(C)(C)C)cc1CBr. The van der Waals surface area contributed by atoms with Crippen molar-refractivity contribution in [3.05, 3.63) is 23.8 Å². The van der Waals surface area contributed by atoms with Crippen LogP contribution < -0.4 is 10.1 Å². The van der Waals surface area contributed by atoms with Crippen molar-refractivity contribution in [3.63, 3.8) is 0 Å². The molecule has 0 aromatic heterocycles. The van der Waals surface area contributed by atoms with Gasteiger partial charge in [-0.25, -0.2) is 4.79 Å². The molecule has 4 nitrogen and oxygen atoms in total. The number of hydrogen-bond acceptors (Lipinski definition) is 3. The maximum Gasteiger partial charge on any atom is 0.412 e. The first-order chi connectivity index (χ1) is 8.85. The lowest BCUT2D eigenvalue weighted by Crippen LogP contribution is -2.27. The number of benzene rings is 1. The van der Waals surface area contributed by atoms with Crippen LogP contribution in [0.3, 0.4) is 0 Å². The van der Waals surface area contributed by atoms with Crippen molar-refractivity contribution in [2.45, 2.75) is 38.6 Å². The highest BCUT2D eigenvalue weighted by molar-refractivity contribution is 9.08. The molecule has 0 saturated carbocycles. The zero-order valence-corrected chi connectivity index (χ0v) is 13.3. The van der Waals surface area contributed by atoms with Gasteiger partial charge in [-0.3, -0.25) is 5.32 Å². The number of nitrogens with one attached hydrogen (secondary N) is 1. The van der Waals surface area contributed by atoms with E-state index in [4.69, 9.17) is 9.47 Å². The lowest BCUT2D eigenvalue weighted by Gasteiger charge is -2.20. The van der Waals surface area contributed by atoms with Gasteiger partial charge in [0.1, 0.15) is 11.4 Å². The number of anilines is 1. The van der Waals surface area contributed by atoms with Gasteiger partial charge in [-0.1, -0.05) is 15.9 Å². The topological polar surface area (TPSA) is 47.6 Å². The van der Waals surface area contributed by atoms with E-state index in [1.807, 2.05) is 39.8 Å². The number of ether oxygens (including phenoxy) is 2. The minimum Gasteiger partial charge on any atom is -0.494 e. The molecule has 106 valence electrons. The first-order valence-corrected chi connectivity index (χ1v) is 7.29. The minimum atomic E-state index is -0.506. The van der Waals surface area contributed by atoms with Gasteiger partial charge < -0.3 is 9.47 Å². The number of halogens is 1. The fraction of sp³-hybridized carbons (Fsp3) is 0.500. The number of carbonyl (C=O) groups is 1. The molecule has 0 aliphatic carbocycles. The maximum atomic E-state index is 11.7. The predicted molar refractivity (Wildman–Crippen MR) is 80.1 cm³/mol. The summed E-state index contributed by atoms with van der Waals surface area (Å²) in [6.45, 7) is 8.03. The molecule has 1 aromatic carbocycles. The molecule has 5 heteroatoms. The van der Waals surface area contributed by atoms with Crippen molar-refractivity contribution < 1.29 is 14.3 Å². The third-order valence-corrected chi connectivity index (χ3v) is 2.75. The molecule has 0 radical (unpaired) electrons. The molecule has 0 heterocycles. The van der Waals surface area contributed by atoms with Gasteiger partial charge in [0.2, 0.25) is 0 Å². The molecule has 0 unspecified atom stereocenters. The van der Waals surface area contributed by atoms with Crippen molar-refractivity contribution in [1.82, 2.24) is 0 Å². The average Bonchev–Trinajstić information content (AvgIpc) is 2.28. The first-order valence-electron chi connectivity index (χ1n) is 6.17. The molecular weight excluding hydrogens is 310 g/mol. The smallest absolute Gasteiger partial charge is 0.412 e. The molecule has 0 aliphatic rings. The van der Waals surface area contributed by atoms with Gasteiger partial charge in [0.15, 0.2) is 0 Å². The molecule has 0 fully saturated rings. The lowest BCUT2D eigenvalue weighted by molar-refractivity contribution is 0.0636. The second kappa shape index (κ2) is 6.80. The Hall–Kier alpha value is -1.23. The standard InChI is InChI=1S/C14H20BrNO3/c1-5-18-12-7-6-11(8-10(12)9-15)16-13(17)19-14(2,3)4/h6-8H,5,9H2,1-4H3,(H,16,17). The fourth-order valence-corrected chi connectivity index (χ4v) is 1.92. The van der Waals surface area contributed by atoms with Crippen LogP contribution in [0.15, 0.2) is 18.2 Å². The van der Waals surface area contributed by atoms with E-state index < -0.39 is 11.7 Å². The van der Waals surface area contributed by atoms with E-state index in [1.165, 1.54) is 0 Å². The molecule has 0 spiro atoms. The van der Waals surface area contributed by atoms with E-state index >= 15 is 0 Å². The van der Waals surface area contributed by atoms with Crippen molar-refractivity contribution >= 4 is 27.7 Å². The Morgan fingerprint density at radius 2 is 2.05 bits per heavy atom. The van der Waals surface area contributed by atoms with Crippen LogP contribution in [0.1, 0.15) is 33.3 Å². The summed E-state index contributed by atoms with van der Waals surface area (Å²) in [6, 6.07) is 5.50. The Morgan fingerprint density at radius 3 is 2.58 bits per heavy atom. The molecule has 1 N–H and O–H groups in total. The van der Waals surface area contributed by atoms with E-state index in [2.05, 4.69) is 21.2 Å². The molecule has 1 rings (SSSR count). The predicted octanol–water partition coefficient (Wildman–Crippen LogP) is 4.33. The summed E-state index contributed by atoms with van der Waals surface area (Å²) in [7, 11) is 0. The van der Waals surface area contributed by atoms with Gasteiger partial charge >= 0.3 is 6.09 Å². The molecule has 19 heavy (non-hydrogen) atoms. The van der Waals surface area contributed by atoms with Crippen molar-refractivity contribution in [3.8, 4) is 5.75 Å². The van der Waals surface area contributed by atoms with E-state index in [-0.39, 0.29) is 0 Å². The zero-order chi connectivity index (χ0) is 14.5. The second-order valence-corrected chi connectivity index (χ2v) is 5.58. The molecule has 1 aromatic rings. The number of rotatable bonds is 4. The highest BCUT2D eigenvalue weighted by atomic mass is 79.9. The Morgan fingerprint density at radius 1 is 1.37 bits per heavy atom. The number of amides is 1. The van der Waals surface area contributed by atoms with Crippen molar-refractivity contribution in [2.75, 3.05) is 11.9 Å². The summed E-state index contributed by atoms with van der Waals surface area (Å²) in [6.07, 6.45) is -0.461. The highest BCUT2D eigenvalue weighted by Crippen LogP contribution is 2.25. The van der Waals surface area contributed by atoms with Gasteiger partial charge in [-0.15, -0.1) is 0 Å². The largest absolute Gasteiger partial charge is 0.494 e. The third-order valence-electron chi connectivity index (χ3n) is 2.15. The van der Waals surface area contributed by atoms with Crippen LogP contribution in [-0.2, 0) is 10.1 Å². The number of alkyl halides is 1. The second-order valence-electron chi connectivity index (χ2n) is 5.02. The van der Waals surface area contributed by atoms with Gasteiger partial charge in [0, 0.05) is 16.6 Å². The van der Waals surface area contributed by atoms with Crippen molar-refractivity contribution in [1.29, 1.82) is 0 Å². The monoisotopic (exact) mass is 329 g/mol. The van der Waals surface area contributed by atoms with Gasteiger partial charge in [0.25, 0.3) is 0 Å². The van der Waals surface area contributed by atoms with E-state index in [0.717, 1.165) is 11.3 Å². The van der Waals surface area contributed by atoms with E-state index in [0.29, 0.717) is 17.6 Å². The maximum absolute atomic E-state index is 11.7.